The number of rotatable bonds is 4. The minimum Gasteiger partial charge on any atom is -0.383 e. The lowest BCUT2D eigenvalue weighted by atomic mass is 10.2. The quantitative estimate of drug-likeness (QED) is 0.579. The first kappa shape index (κ1) is 14.1. The van der Waals surface area contributed by atoms with Crippen molar-refractivity contribution in [2.24, 2.45) is 7.05 Å². The molecule has 4 aromatic heterocycles. The predicted molar refractivity (Wildman–Crippen MR) is 89.4 cm³/mol. The van der Waals surface area contributed by atoms with Gasteiger partial charge in [0.15, 0.2) is 11.5 Å². The van der Waals surface area contributed by atoms with E-state index in [-0.39, 0.29) is 0 Å². The molecule has 4 aromatic rings. The van der Waals surface area contributed by atoms with Gasteiger partial charge >= 0.3 is 0 Å². The molecule has 120 valence electrons. The average molecular weight is 321 g/mol. The number of fused-ring (bicyclic) bond motifs is 1. The molecular weight excluding hydrogens is 306 g/mol. The molecule has 4 rings (SSSR count). The Bertz CT molecular complexity index is 988. The molecule has 0 fully saturated rings. The minimum absolute atomic E-state index is 0.405. The van der Waals surface area contributed by atoms with E-state index in [1.54, 1.807) is 28.0 Å². The van der Waals surface area contributed by atoms with Crippen molar-refractivity contribution in [1.82, 2.24) is 34.5 Å². The molecule has 3 N–H and O–H groups in total. The molecule has 0 aromatic carbocycles. The second-order valence-electron chi connectivity index (χ2n) is 5.26. The number of nitrogens with zero attached hydrogens (tertiary/aromatic N) is 7. The maximum Gasteiger partial charge on any atom is 0.226 e. The second kappa shape index (κ2) is 5.61. The van der Waals surface area contributed by atoms with Gasteiger partial charge in [-0.1, -0.05) is 0 Å². The van der Waals surface area contributed by atoms with E-state index in [0.29, 0.717) is 24.0 Å². The highest BCUT2D eigenvalue weighted by Crippen LogP contribution is 2.18. The van der Waals surface area contributed by atoms with Gasteiger partial charge in [-0.3, -0.25) is 4.68 Å². The van der Waals surface area contributed by atoms with Crippen molar-refractivity contribution in [2.75, 3.05) is 11.1 Å². The topological polar surface area (TPSA) is 112 Å². The molecule has 9 heteroatoms. The van der Waals surface area contributed by atoms with Crippen molar-refractivity contribution in [3.05, 3.63) is 48.5 Å². The Balaban J connectivity index is 1.57. The largest absolute Gasteiger partial charge is 0.383 e. The zero-order valence-electron chi connectivity index (χ0n) is 13.0. The zero-order chi connectivity index (χ0) is 16.5. The highest BCUT2D eigenvalue weighted by atomic mass is 15.3. The summed E-state index contributed by atoms with van der Waals surface area (Å²) in [7, 11) is 1.82. The van der Waals surface area contributed by atoms with Crippen LogP contribution >= 0.6 is 0 Å². The van der Waals surface area contributed by atoms with Crippen molar-refractivity contribution < 1.29 is 0 Å². The normalized spacial score (nSPS) is 11.0. The smallest absolute Gasteiger partial charge is 0.226 e. The van der Waals surface area contributed by atoms with Crippen LogP contribution in [-0.2, 0) is 13.6 Å². The van der Waals surface area contributed by atoms with Crippen LogP contribution < -0.4 is 11.1 Å². The van der Waals surface area contributed by atoms with Gasteiger partial charge in [-0.15, -0.1) is 0 Å². The van der Waals surface area contributed by atoms with Crippen LogP contribution in [0.3, 0.4) is 0 Å². The lowest BCUT2D eigenvalue weighted by Crippen LogP contribution is -2.07. The monoisotopic (exact) mass is 321 g/mol. The Labute approximate surface area is 137 Å². The highest BCUT2D eigenvalue weighted by molar-refractivity contribution is 5.86. The summed E-state index contributed by atoms with van der Waals surface area (Å²) in [5.74, 6) is 1.62. The average Bonchev–Trinajstić information content (AvgIpc) is 3.24. The molecule has 0 unspecified atom stereocenters. The Morgan fingerprint density at radius 3 is 2.96 bits per heavy atom. The van der Waals surface area contributed by atoms with Crippen LogP contribution in [0.15, 0.2) is 43.0 Å². The van der Waals surface area contributed by atoms with Crippen molar-refractivity contribution in [1.29, 1.82) is 0 Å². The van der Waals surface area contributed by atoms with E-state index in [1.807, 2.05) is 31.4 Å². The summed E-state index contributed by atoms with van der Waals surface area (Å²) < 4.78 is 3.38. The first-order chi connectivity index (χ1) is 11.7. The lowest BCUT2D eigenvalue weighted by molar-refractivity contribution is 0.785. The maximum atomic E-state index is 5.96. The number of nitrogen functional groups attached to an aromatic ring is 1. The molecule has 0 aliphatic carbocycles. The van der Waals surface area contributed by atoms with Crippen LogP contribution in [0.1, 0.15) is 5.56 Å². The molecular formula is C15H15N9. The minimum atomic E-state index is 0.405. The van der Waals surface area contributed by atoms with Crippen LogP contribution in [0.5, 0.6) is 0 Å². The summed E-state index contributed by atoms with van der Waals surface area (Å²) >= 11 is 0. The molecule has 0 amide bonds. The van der Waals surface area contributed by atoms with Crippen LogP contribution in [0, 0.1) is 0 Å². The Hall–Kier alpha value is -3.49. The molecule has 0 atom stereocenters. The molecule has 0 saturated heterocycles. The molecule has 0 aliphatic heterocycles. The van der Waals surface area contributed by atoms with Crippen LogP contribution in [0.4, 0.5) is 11.8 Å². The molecule has 24 heavy (non-hydrogen) atoms. The molecule has 0 radical (unpaired) electrons. The van der Waals surface area contributed by atoms with Crippen LogP contribution in [-0.4, -0.2) is 34.5 Å². The van der Waals surface area contributed by atoms with Gasteiger partial charge in [-0.2, -0.15) is 20.2 Å². The van der Waals surface area contributed by atoms with Crippen molar-refractivity contribution in [3.63, 3.8) is 0 Å². The Morgan fingerprint density at radius 1 is 1.21 bits per heavy atom. The number of aryl methyl sites for hydroxylation is 1. The first-order valence-corrected chi connectivity index (χ1v) is 7.35. The highest BCUT2D eigenvalue weighted by Gasteiger charge is 2.09. The number of pyridine rings is 1. The fourth-order valence-electron chi connectivity index (χ4n) is 2.40. The van der Waals surface area contributed by atoms with Gasteiger partial charge < -0.3 is 11.1 Å². The number of hydrogen-bond donors (Lipinski definition) is 2. The van der Waals surface area contributed by atoms with E-state index in [2.05, 4.69) is 30.5 Å². The van der Waals surface area contributed by atoms with Gasteiger partial charge in [0.25, 0.3) is 0 Å². The van der Waals surface area contributed by atoms with Crippen molar-refractivity contribution in [2.45, 2.75) is 6.54 Å². The number of aromatic nitrogens is 7. The van der Waals surface area contributed by atoms with E-state index in [9.17, 15) is 0 Å². The first-order valence-electron chi connectivity index (χ1n) is 7.35. The fraction of sp³-hybridized carbons (Fsp3) is 0.133. The maximum absolute atomic E-state index is 5.96. The van der Waals surface area contributed by atoms with E-state index in [0.717, 1.165) is 16.8 Å². The third-order valence-corrected chi connectivity index (χ3v) is 3.62. The SMILES string of the molecule is Cn1ncc2c(N)nc(NCc3ccnc(-n4cccn4)c3)nc21. The molecule has 0 aliphatic rings. The van der Waals surface area contributed by atoms with Gasteiger partial charge in [0.2, 0.25) is 5.95 Å². The van der Waals surface area contributed by atoms with Gasteiger partial charge in [0, 0.05) is 32.2 Å². The molecule has 9 nitrogen and oxygen atoms in total. The fourth-order valence-corrected chi connectivity index (χ4v) is 2.40. The third kappa shape index (κ3) is 2.51. The number of nitrogens with one attached hydrogen (secondary N) is 1. The summed E-state index contributed by atoms with van der Waals surface area (Å²) in [6.07, 6.45) is 6.97. The van der Waals surface area contributed by atoms with Gasteiger partial charge in [0.1, 0.15) is 5.82 Å². The summed E-state index contributed by atoms with van der Waals surface area (Å²) in [5.41, 5.74) is 7.68. The standard InChI is InChI=1S/C15H15N9/c1-23-14-11(9-20-23)13(16)21-15(22-14)18-8-10-3-5-17-12(7-10)24-6-2-4-19-24/h2-7,9H,8H2,1H3,(H3,16,18,21,22). The number of anilines is 2. The Kier molecular flexibility index (Phi) is 3.30. The third-order valence-electron chi connectivity index (χ3n) is 3.62. The molecule has 0 bridgehead atoms. The second-order valence-corrected chi connectivity index (χ2v) is 5.26. The summed E-state index contributed by atoms with van der Waals surface area (Å²) in [5, 5.41) is 12.2. The van der Waals surface area contributed by atoms with E-state index in [4.69, 9.17) is 5.73 Å². The Morgan fingerprint density at radius 2 is 2.12 bits per heavy atom. The van der Waals surface area contributed by atoms with E-state index >= 15 is 0 Å². The van der Waals surface area contributed by atoms with E-state index < -0.39 is 0 Å². The van der Waals surface area contributed by atoms with Gasteiger partial charge in [0.05, 0.1) is 11.6 Å². The summed E-state index contributed by atoms with van der Waals surface area (Å²) in [6, 6.07) is 5.73. The molecule has 4 heterocycles. The van der Waals surface area contributed by atoms with Gasteiger partial charge in [-0.05, 0) is 23.8 Å². The van der Waals surface area contributed by atoms with Gasteiger partial charge in [-0.25, -0.2) is 9.67 Å². The number of hydrogen-bond acceptors (Lipinski definition) is 7. The van der Waals surface area contributed by atoms with Crippen LogP contribution in [0.25, 0.3) is 16.9 Å². The summed E-state index contributed by atoms with van der Waals surface area (Å²) in [4.78, 5) is 13.0. The van der Waals surface area contributed by atoms with Crippen molar-refractivity contribution in [3.8, 4) is 5.82 Å². The lowest BCUT2D eigenvalue weighted by Gasteiger charge is -2.08. The molecule has 0 spiro atoms. The van der Waals surface area contributed by atoms with Crippen LogP contribution in [0.2, 0.25) is 0 Å². The zero-order valence-corrected chi connectivity index (χ0v) is 13.0. The molecule has 0 saturated carbocycles. The van der Waals surface area contributed by atoms with E-state index in [1.165, 1.54) is 0 Å². The number of nitrogens with two attached hydrogens (primary N) is 1. The predicted octanol–water partition coefficient (Wildman–Crippen LogP) is 1.14. The summed E-state index contributed by atoms with van der Waals surface area (Å²) in [6.45, 7) is 0.541. The van der Waals surface area contributed by atoms with Crippen molar-refractivity contribution >= 4 is 22.8 Å².